The molecule has 5 heteroatoms. The number of anilines is 1. The Morgan fingerprint density at radius 1 is 1.19 bits per heavy atom. The molecule has 0 aromatic heterocycles. The average molecular weight is 288 g/mol. The highest BCUT2D eigenvalue weighted by molar-refractivity contribution is 6.06. The highest BCUT2D eigenvalue weighted by atomic mass is 16.5. The Balaban J connectivity index is 1.81. The molecule has 21 heavy (non-hydrogen) atoms. The van der Waals surface area contributed by atoms with Gasteiger partial charge in [-0.25, -0.2) is 0 Å². The van der Waals surface area contributed by atoms with Crippen molar-refractivity contribution in [3.8, 4) is 5.75 Å². The van der Waals surface area contributed by atoms with E-state index in [1.54, 1.807) is 9.80 Å². The number of amides is 2. The number of piperazine rings is 1. The summed E-state index contributed by atoms with van der Waals surface area (Å²) in [7, 11) is 0. The van der Waals surface area contributed by atoms with Gasteiger partial charge in [0.2, 0.25) is 11.8 Å². The second-order valence-electron chi connectivity index (χ2n) is 5.45. The molecule has 3 rings (SSSR count). The summed E-state index contributed by atoms with van der Waals surface area (Å²) in [5.74, 6) is 0.864. The fourth-order valence-electron chi connectivity index (χ4n) is 3.08. The maximum absolute atomic E-state index is 12.6. The lowest BCUT2D eigenvalue weighted by molar-refractivity contribution is -0.144. The van der Waals surface area contributed by atoms with E-state index in [0.29, 0.717) is 13.2 Å². The van der Waals surface area contributed by atoms with Crippen LogP contribution in [0.25, 0.3) is 0 Å². The number of carbonyl (C=O) groups is 2. The Labute approximate surface area is 124 Å². The molecule has 1 atom stereocenters. The fourth-order valence-corrected chi connectivity index (χ4v) is 3.08. The van der Waals surface area contributed by atoms with Gasteiger partial charge >= 0.3 is 0 Å². The minimum absolute atomic E-state index is 0.0402. The van der Waals surface area contributed by atoms with E-state index in [9.17, 15) is 9.59 Å². The van der Waals surface area contributed by atoms with Crippen molar-refractivity contribution in [2.24, 2.45) is 0 Å². The third-order valence-electron chi connectivity index (χ3n) is 4.13. The maximum Gasteiger partial charge on any atom is 0.250 e. The molecule has 2 fully saturated rings. The van der Waals surface area contributed by atoms with Crippen LogP contribution in [-0.2, 0) is 9.59 Å². The minimum Gasteiger partial charge on any atom is -0.494 e. The van der Waals surface area contributed by atoms with Crippen LogP contribution < -0.4 is 9.64 Å². The number of piperidine rings is 1. The van der Waals surface area contributed by atoms with Crippen LogP contribution >= 0.6 is 0 Å². The summed E-state index contributed by atoms with van der Waals surface area (Å²) in [6, 6.07) is 7.09. The van der Waals surface area contributed by atoms with Gasteiger partial charge in [0.25, 0.3) is 0 Å². The van der Waals surface area contributed by atoms with E-state index in [4.69, 9.17) is 4.74 Å². The second kappa shape index (κ2) is 5.76. The summed E-state index contributed by atoms with van der Waals surface area (Å²) >= 11 is 0. The standard InChI is InChI=1S/C16H20N2O3/c1-2-21-13-8-6-12(7-9-13)18-11-15(19)17-10-4-3-5-14(17)16(18)20/h6-9,14H,2-5,10-11H2,1H3. The Morgan fingerprint density at radius 3 is 2.67 bits per heavy atom. The third-order valence-corrected chi connectivity index (χ3v) is 4.13. The molecule has 0 saturated carbocycles. The average Bonchev–Trinajstić information content (AvgIpc) is 2.52. The van der Waals surface area contributed by atoms with Crippen LogP contribution in [-0.4, -0.2) is 42.5 Å². The fraction of sp³-hybridized carbons (Fsp3) is 0.500. The molecule has 0 aliphatic carbocycles. The Morgan fingerprint density at radius 2 is 1.95 bits per heavy atom. The highest BCUT2D eigenvalue weighted by Gasteiger charge is 2.40. The number of hydrogen-bond acceptors (Lipinski definition) is 3. The molecule has 2 aliphatic heterocycles. The van der Waals surface area contributed by atoms with Crippen molar-refractivity contribution in [3.63, 3.8) is 0 Å². The maximum atomic E-state index is 12.6. The lowest BCUT2D eigenvalue weighted by Crippen LogP contribution is -2.61. The van der Waals surface area contributed by atoms with Crippen LogP contribution in [0.3, 0.4) is 0 Å². The van der Waals surface area contributed by atoms with E-state index in [0.717, 1.165) is 30.7 Å². The number of carbonyl (C=O) groups excluding carboxylic acids is 2. The molecule has 5 nitrogen and oxygen atoms in total. The molecular formula is C16H20N2O3. The van der Waals surface area contributed by atoms with Crippen LogP contribution in [0.4, 0.5) is 5.69 Å². The quantitative estimate of drug-likeness (QED) is 0.852. The summed E-state index contributed by atoms with van der Waals surface area (Å²) in [5, 5.41) is 0. The highest BCUT2D eigenvalue weighted by Crippen LogP contribution is 2.27. The first-order chi connectivity index (χ1) is 10.2. The predicted molar refractivity (Wildman–Crippen MR) is 79.3 cm³/mol. The van der Waals surface area contributed by atoms with Crippen molar-refractivity contribution in [2.75, 3.05) is 24.6 Å². The lowest BCUT2D eigenvalue weighted by atomic mass is 9.98. The molecule has 2 saturated heterocycles. The zero-order valence-corrected chi connectivity index (χ0v) is 12.2. The lowest BCUT2D eigenvalue weighted by Gasteiger charge is -2.42. The first kappa shape index (κ1) is 13.9. The molecule has 0 N–H and O–H groups in total. The van der Waals surface area contributed by atoms with Crippen molar-refractivity contribution in [3.05, 3.63) is 24.3 Å². The smallest absolute Gasteiger partial charge is 0.250 e. The van der Waals surface area contributed by atoms with Gasteiger partial charge in [0.1, 0.15) is 18.3 Å². The number of ether oxygens (including phenoxy) is 1. The Bertz CT molecular complexity index is 541. The van der Waals surface area contributed by atoms with Gasteiger partial charge in [-0.3, -0.25) is 9.59 Å². The zero-order chi connectivity index (χ0) is 14.8. The molecule has 1 unspecified atom stereocenters. The number of nitrogens with zero attached hydrogens (tertiary/aromatic N) is 2. The van der Waals surface area contributed by atoms with E-state index in [-0.39, 0.29) is 24.4 Å². The first-order valence-electron chi connectivity index (χ1n) is 7.54. The van der Waals surface area contributed by atoms with Crippen LogP contribution in [0.15, 0.2) is 24.3 Å². The summed E-state index contributed by atoms with van der Waals surface area (Å²) in [6.45, 7) is 3.39. The molecule has 112 valence electrons. The molecule has 0 spiro atoms. The van der Waals surface area contributed by atoms with E-state index >= 15 is 0 Å². The van der Waals surface area contributed by atoms with Crippen LogP contribution in [0, 0.1) is 0 Å². The van der Waals surface area contributed by atoms with E-state index < -0.39 is 0 Å². The molecule has 1 aromatic carbocycles. The monoisotopic (exact) mass is 288 g/mol. The van der Waals surface area contributed by atoms with Gasteiger partial charge in [0, 0.05) is 12.2 Å². The number of hydrogen-bond donors (Lipinski definition) is 0. The van der Waals surface area contributed by atoms with Gasteiger partial charge in [0.15, 0.2) is 0 Å². The summed E-state index contributed by atoms with van der Waals surface area (Å²) in [4.78, 5) is 28.2. The molecular weight excluding hydrogens is 268 g/mol. The molecule has 0 radical (unpaired) electrons. The van der Waals surface area contributed by atoms with Crippen molar-refractivity contribution < 1.29 is 14.3 Å². The molecule has 1 aromatic rings. The number of benzene rings is 1. The van der Waals surface area contributed by atoms with Gasteiger partial charge < -0.3 is 14.5 Å². The Hall–Kier alpha value is -2.04. The summed E-state index contributed by atoms with van der Waals surface area (Å²) < 4.78 is 5.40. The third kappa shape index (κ3) is 2.60. The van der Waals surface area contributed by atoms with Gasteiger partial charge in [-0.1, -0.05) is 0 Å². The minimum atomic E-state index is -0.272. The predicted octanol–water partition coefficient (Wildman–Crippen LogP) is 1.81. The van der Waals surface area contributed by atoms with E-state index in [1.807, 2.05) is 31.2 Å². The number of fused-ring (bicyclic) bond motifs is 1. The molecule has 2 aliphatic rings. The van der Waals surface area contributed by atoms with Gasteiger partial charge in [-0.2, -0.15) is 0 Å². The van der Waals surface area contributed by atoms with Crippen molar-refractivity contribution in [1.82, 2.24) is 4.90 Å². The van der Waals surface area contributed by atoms with Crippen molar-refractivity contribution in [1.29, 1.82) is 0 Å². The van der Waals surface area contributed by atoms with Crippen molar-refractivity contribution >= 4 is 17.5 Å². The number of rotatable bonds is 3. The molecule has 0 bridgehead atoms. The van der Waals surface area contributed by atoms with Crippen LogP contribution in [0.2, 0.25) is 0 Å². The molecule has 2 amide bonds. The SMILES string of the molecule is CCOc1ccc(N2CC(=O)N3CCCCC3C2=O)cc1. The Kier molecular flexibility index (Phi) is 3.82. The van der Waals surface area contributed by atoms with Crippen molar-refractivity contribution in [2.45, 2.75) is 32.2 Å². The van der Waals surface area contributed by atoms with Crippen LogP contribution in [0.5, 0.6) is 5.75 Å². The van der Waals surface area contributed by atoms with E-state index in [1.165, 1.54) is 0 Å². The summed E-state index contributed by atoms with van der Waals surface area (Å²) in [6.07, 6.45) is 2.79. The van der Waals surface area contributed by atoms with Gasteiger partial charge in [0.05, 0.1) is 6.61 Å². The molecule has 2 heterocycles. The first-order valence-corrected chi connectivity index (χ1v) is 7.54. The summed E-state index contributed by atoms with van der Waals surface area (Å²) in [5.41, 5.74) is 0.766. The largest absolute Gasteiger partial charge is 0.494 e. The second-order valence-corrected chi connectivity index (χ2v) is 5.45. The van der Waals surface area contributed by atoms with E-state index in [2.05, 4.69) is 0 Å². The van der Waals surface area contributed by atoms with Crippen LogP contribution in [0.1, 0.15) is 26.2 Å². The normalized spacial score (nSPS) is 22.2. The topological polar surface area (TPSA) is 49.9 Å². The van der Waals surface area contributed by atoms with Gasteiger partial charge in [-0.15, -0.1) is 0 Å². The zero-order valence-electron chi connectivity index (χ0n) is 12.2. The van der Waals surface area contributed by atoms with Gasteiger partial charge in [-0.05, 0) is 50.5 Å².